The van der Waals surface area contributed by atoms with Crippen molar-refractivity contribution >= 4 is 35.3 Å². The number of Topliss-reactive ketones (excluding diaryl/α,β-unsaturated/α-hetero) is 2. The van der Waals surface area contributed by atoms with Gasteiger partial charge in [0.1, 0.15) is 17.8 Å². The molecule has 5 N–H and O–H groups in total. The summed E-state index contributed by atoms with van der Waals surface area (Å²) in [6, 6.07) is 0.722. The van der Waals surface area contributed by atoms with E-state index >= 15 is 0 Å². The Labute approximate surface area is 276 Å². The summed E-state index contributed by atoms with van der Waals surface area (Å²) in [5, 5.41) is 8.54. The lowest BCUT2D eigenvalue weighted by Gasteiger charge is -2.38. The first-order chi connectivity index (χ1) is 22.1. The van der Waals surface area contributed by atoms with Crippen molar-refractivity contribution in [1.82, 2.24) is 25.8 Å². The molecule has 6 atom stereocenters. The number of carbonyl (C=O) groups excluding carboxylic acids is 6. The highest BCUT2D eigenvalue weighted by Crippen LogP contribution is 2.65. The van der Waals surface area contributed by atoms with Gasteiger partial charge in [-0.1, -0.05) is 72.8 Å². The summed E-state index contributed by atoms with van der Waals surface area (Å²) in [4.78, 5) is 85.7. The molecular formula is C35H50N6O6. The molecule has 5 rings (SSSR count). The Morgan fingerprint density at radius 1 is 0.979 bits per heavy atom. The van der Waals surface area contributed by atoms with Crippen molar-refractivity contribution in [3.05, 3.63) is 30.1 Å². The zero-order chi connectivity index (χ0) is 34.3. The lowest BCUT2D eigenvalue weighted by Crippen LogP contribution is -2.62. The number of urea groups is 1. The number of nitrogens with zero attached hydrogens (tertiary/aromatic N) is 2. The van der Waals surface area contributed by atoms with Crippen molar-refractivity contribution in [2.75, 3.05) is 6.54 Å². The van der Waals surface area contributed by atoms with Crippen molar-refractivity contribution in [2.24, 2.45) is 40.2 Å². The number of amides is 5. The number of piperidine rings is 1. The Morgan fingerprint density at radius 2 is 1.66 bits per heavy atom. The number of nitrogens with two attached hydrogens (primary N) is 1. The highest BCUT2D eigenvalue weighted by atomic mass is 16.2. The number of pyridine rings is 1. The second kappa shape index (κ2) is 13.4. The van der Waals surface area contributed by atoms with Crippen LogP contribution < -0.4 is 21.7 Å². The molecule has 1 saturated heterocycles. The zero-order valence-corrected chi connectivity index (χ0v) is 28.2. The van der Waals surface area contributed by atoms with Gasteiger partial charge < -0.3 is 26.6 Å². The summed E-state index contributed by atoms with van der Waals surface area (Å²) >= 11 is 0. The molecule has 0 bridgehead atoms. The summed E-state index contributed by atoms with van der Waals surface area (Å²) < 4.78 is 0. The Bertz CT molecular complexity index is 1400. The molecular weight excluding hydrogens is 600 g/mol. The van der Waals surface area contributed by atoms with Crippen molar-refractivity contribution in [3.63, 3.8) is 0 Å². The molecule has 3 saturated carbocycles. The summed E-state index contributed by atoms with van der Waals surface area (Å²) in [5.41, 5.74) is 4.64. The maximum atomic E-state index is 14.4. The number of ketones is 2. The molecule has 2 heterocycles. The number of primary amides is 1. The molecule has 0 aromatic carbocycles. The van der Waals surface area contributed by atoms with Gasteiger partial charge in [-0.05, 0) is 65.9 Å². The van der Waals surface area contributed by atoms with Crippen LogP contribution in [0.1, 0.15) is 96.5 Å². The van der Waals surface area contributed by atoms with Gasteiger partial charge in [-0.3, -0.25) is 29.0 Å². The first-order valence-corrected chi connectivity index (χ1v) is 17.1. The van der Waals surface area contributed by atoms with Gasteiger partial charge in [0, 0.05) is 12.7 Å². The van der Waals surface area contributed by atoms with E-state index in [4.69, 9.17) is 5.73 Å². The maximum Gasteiger partial charge on any atom is 0.316 e. The molecule has 47 heavy (non-hydrogen) atoms. The third-order valence-corrected chi connectivity index (χ3v) is 10.9. The predicted molar refractivity (Wildman–Crippen MR) is 174 cm³/mol. The molecule has 4 aliphatic rings. The molecule has 2 unspecified atom stereocenters. The highest BCUT2D eigenvalue weighted by molar-refractivity contribution is 6.37. The second-order valence-electron chi connectivity index (χ2n) is 15.7. The number of carbonyl (C=O) groups is 6. The third kappa shape index (κ3) is 7.51. The van der Waals surface area contributed by atoms with Crippen molar-refractivity contribution in [3.8, 4) is 0 Å². The monoisotopic (exact) mass is 650 g/mol. The number of rotatable bonds is 12. The molecule has 1 aliphatic heterocycles. The molecule has 0 radical (unpaired) electrons. The fourth-order valence-electron chi connectivity index (χ4n) is 7.82. The SMILES string of the molecule is CC(C)(C)[C@H](NC(=O)N[C@H](C(=O)c1ccccn1)C1CCCCC1)C(=O)N1C[C@H]2C([C@H]1C(=O)NC(CC1CC1)C(=O)C(N)=O)C2(C)C. The number of fused-ring (bicyclic) bond motifs is 1. The topological polar surface area (TPSA) is 181 Å². The Hall–Kier alpha value is -3.83. The van der Waals surface area contributed by atoms with E-state index in [1.807, 2.05) is 20.8 Å². The number of nitrogens with one attached hydrogen (secondary N) is 3. The molecule has 3 aliphatic carbocycles. The molecule has 1 aromatic heterocycles. The number of hydrogen-bond donors (Lipinski definition) is 4. The van der Waals surface area contributed by atoms with E-state index in [1.165, 1.54) is 4.90 Å². The molecule has 12 nitrogen and oxygen atoms in total. The van der Waals surface area contributed by atoms with Gasteiger partial charge in [0.05, 0.1) is 12.1 Å². The molecule has 256 valence electrons. The van der Waals surface area contributed by atoms with Crippen LogP contribution in [0.15, 0.2) is 24.4 Å². The molecule has 1 aromatic rings. The van der Waals surface area contributed by atoms with E-state index in [0.717, 1.165) is 44.9 Å². The fourth-order valence-corrected chi connectivity index (χ4v) is 7.82. The normalized spacial score (nSPS) is 25.5. The van der Waals surface area contributed by atoms with Crippen LogP contribution in [0.2, 0.25) is 0 Å². The van der Waals surface area contributed by atoms with Crippen LogP contribution in [0.3, 0.4) is 0 Å². The Balaban J connectivity index is 1.34. The second-order valence-corrected chi connectivity index (χ2v) is 15.7. The van der Waals surface area contributed by atoms with Gasteiger partial charge >= 0.3 is 6.03 Å². The van der Waals surface area contributed by atoms with Crippen LogP contribution in [-0.4, -0.2) is 75.9 Å². The van der Waals surface area contributed by atoms with Gasteiger partial charge in [-0.15, -0.1) is 0 Å². The number of aromatic nitrogens is 1. The van der Waals surface area contributed by atoms with E-state index in [-0.39, 0.29) is 40.6 Å². The standard InChI is InChI=1S/C35H50N6O6/c1-34(2,3)29(40-33(47)39-25(20-11-7-6-8-12-20)27(42)22-13-9-10-16-37-22)32(46)41-18-21-24(35(21,4)5)26(41)31(45)38-23(17-19-14-15-19)28(43)30(36)44/h9-10,13,16,19-21,23-26,29H,6-8,11-12,14-15,17-18H2,1-5H3,(H2,36,44)(H,38,45)(H2,39,40,47)/t21-,23?,24?,25-,26-,29+/m0/s1. The highest BCUT2D eigenvalue weighted by Gasteiger charge is 2.70. The fraction of sp³-hybridized carbons (Fsp3) is 0.686. The number of hydrogen-bond acceptors (Lipinski definition) is 7. The molecule has 12 heteroatoms. The van der Waals surface area contributed by atoms with Crippen LogP contribution in [0.25, 0.3) is 0 Å². The van der Waals surface area contributed by atoms with E-state index < -0.39 is 59.1 Å². The number of likely N-dealkylation sites (tertiary alicyclic amines) is 1. The van der Waals surface area contributed by atoms with Crippen LogP contribution >= 0.6 is 0 Å². The van der Waals surface area contributed by atoms with E-state index in [2.05, 4.69) is 34.8 Å². The maximum absolute atomic E-state index is 14.4. The van der Waals surface area contributed by atoms with Crippen LogP contribution in [-0.2, 0) is 19.2 Å². The lowest BCUT2D eigenvalue weighted by molar-refractivity contribution is -0.145. The van der Waals surface area contributed by atoms with Gasteiger partial charge in [0.15, 0.2) is 0 Å². The van der Waals surface area contributed by atoms with Gasteiger partial charge in [0.25, 0.3) is 5.91 Å². The van der Waals surface area contributed by atoms with Crippen LogP contribution in [0, 0.1) is 34.5 Å². The largest absolute Gasteiger partial charge is 0.363 e. The Morgan fingerprint density at radius 3 is 2.23 bits per heavy atom. The summed E-state index contributed by atoms with van der Waals surface area (Å²) in [6.45, 7) is 9.93. The quantitative estimate of drug-likeness (QED) is 0.198. The average molecular weight is 651 g/mol. The average Bonchev–Trinajstić information content (AvgIpc) is 3.89. The van der Waals surface area contributed by atoms with Crippen molar-refractivity contribution in [1.29, 1.82) is 0 Å². The van der Waals surface area contributed by atoms with Crippen molar-refractivity contribution < 1.29 is 28.8 Å². The first-order valence-electron chi connectivity index (χ1n) is 17.1. The minimum absolute atomic E-state index is 0.0551. The van der Waals surface area contributed by atoms with E-state index in [0.29, 0.717) is 13.0 Å². The predicted octanol–water partition coefficient (Wildman–Crippen LogP) is 2.75. The third-order valence-electron chi connectivity index (χ3n) is 10.9. The molecule has 5 amide bonds. The van der Waals surface area contributed by atoms with E-state index in [9.17, 15) is 28.8 Å². The van der Waals surface area contributed by atoms with Crippen LogP contribution in [0.5, 0.6) is 0 Å². The lowest BCUT2D eigenvalue weighted by atomic mass is 9.81. The summed E-state index contributed by atoms with van der Waals surface area (Å²) in [5.74, 6) is -3.01. The van der Waals surface area contributed by atoms with Crippen molar-refractivity contribution in [2.45, 2.75) is 110 Å². The zero-order valence-electron chi connectivity index (χ0n) is 28.2. The van der Waals surface area contributed by atoms with Gasteiger partial charge in [0.2, 0.25) is 23.4 Å². The molecule has 0 spiro atoms. The minimum Gasteiger partial charge on any atom is -0.363 e. The summed E-state index contributed by atoms with van der Waals surface area (Å²) in [6.07, 6.45) is 8.32. The molecule has 4 fully saturated rings. The van der Waals surface area contributed by atoms with Gasteiger partial charge in [-0.2, -0.15) is 0 Å². The minimum atomic E-state index is -1.10. The first kappa shape index (κ1) is 34.5. The van der Waals surface area contributed by atoms with Crippen LogP contribution in [0.4, 0.5) is 4.79 Å². The smallest absolute Gasteiger partial charge is 0.316 e. The van der Waals surface area contributed by atoms with E-state index in [1.54, 1.807) is 24.4 Å². The Kier molecular flexibility index (Phi) is 9.80. The summed E-state index contributed by atoms with van der Waals surface area (Å²) in [7, 11) is 0. The van der Waals surface area contributed by atoms with Gasteiger partial charge in [-0.25, -0.2) is 4.79 Å².